The third-order valence-corrected chi connectivity index (χ3v) is 6.03. The lowest BCUT2D eigenvalue weighted by Gasteiger charge is -2.24. The van der Waals surface area contributed by atoms with Crippen molar-refractivity contribution in [2.24, 2.45) is 5.10 Å². The van der Waals surface area contributed by atoms with Gasteiger partial charge in [-0.2, -0.15) is 5.10 Å². The van der Waals surface area contributed by atoms with Crippen LogP contribution in [-0.2, 0) is 0 Å². The number of rotatable bonds is 7. The Morgan fingerprint density at radius 3 is 2.18 bits per heavy atom. The molecule has 176 valence electrons. The van der Waals surface area contributed by atoms with Crippen LogP contribution in [-0.4, -0.2) is 45.1 Å². The largest absolute Gasteiger partial charge is 0.497 e. The lowest BCUT2D eigenvalue weighted by molar-refractivity contribution is 0.0709. The molecule has 0 saturated carbocycles. The molecule has 0 saturated heterocycles. The highest BCUT2D eigenvalue weighted by Crippen LogP contribution is 2.41. The Kier molecular flexibility index (Phi) is 6.93. The molecule has 3 aromatic rings. The van der Waals surface area contributed by atoms with Gasteiger partial charge in [-0.1, -0.05) is 23.7 Å². The van der Waals surface area contributed by atoms with Gasteiger partial charge in [0, 0.05) is 23.6 Å². The number of nitrogens with zero attached hydrogens (tertiary/aromatic N) is 2. The number of hydrogen-bond acceptors (Lipinski definition) is 6. The minimum absolute atomic E-state index is 0.315. The maximum absolute atomic E-state index is 13.6. The van der Waals surface area contributed by atoms with Crippen LogP contribution in [0.5, 0.6) is 23.0 Å². The van der Waals surface area contributed by atoms with Gasteiger partial charge in [0.25, 0.3) is 5.91 Å². The second-order valence-electron chi connectivity index (χ2n) is 7.61. The van der Waals surface area contributed by atoms with E-state index in [1.54, 1.807) is 58.8 Å². The first-order valence-electron chi connectivity index (χ1n) is 10.6. The fourth-order valence-corrected chi connectivity index (χ4v) is 4.16. The lowest BCUT2D eigenvalue weighted by Crippen LogP contribution is -2.27. The van der Waals surface area contributed by atoms with Crippen LogP contribution in [0, 0.1) is 0 Å². The van der Waals surface area contributed by atoms with Crippen molar-refractivity contribution in [2.45, 2.75) is 12.5 Å². The Bertz CT molecular complexity index is 1220. The number of halogens is 1. The molecule has 1 heterocycles. The van der Waals surface area contributed by atoms with Crippen LogP contribution < -0.4 is 18.9 Å². The first-order valence-corrected chi connectivity index (χ1v) is 11.0. The summed E-state index contributed by atoms with van der Waals surface area (Å²) in [6, 6.07) is 17.5. The number of carbonyl (C=O) groups is 1. The minimum Gasteiger partial charge on any atom is -0.497 e. The number of carbonyl (C=O) groups excluding carboxylic acids is 1. The summed E-state index contributed by atoms with van der Waals surface area (Å²) in [6.45, 7) is 0. The summed E-state index contributed by atoms with van der Waals surface area (Å²) in [5.41, 5.74) is 2.63. The molecule has 1 amide bonds. The topological polar surface area (TPSA) is 69.6 Å². The molecular formula is C26H25ClN2O5. The molecule has 0 radical (unpaired) electrons. The Labute approximate surface area is 203 Å². The molecule has 0 aliphatic carbocycles. The molecule has 0 aromatic heterocycles. The third kappa shape index (κ3) is 4.52. The highest BCUT2D eigenvalue weighted by molar-refractivity contribution is 6.33. The second kappa shape index (κ2) is 10.1. The van der Waals surface area contributed by atoms with Gasteiger partial charge in [-0.25, -0.2) is 5.01 Å². The lowest BCUT2D eigenvalue weighted by atomic mass is 9.96. The molecule has 7 nitrogen and oxygen atoms in total. The molecule has 34 heavy (non-hydrogen) atoms. The van der Waals surface area contributed by atoms with Gasteiger partial charge < -0.3 is 18.9 Å². The average molecular weight is 481 g/mol. The summed E-state index contributed by atoms with van der Waals surface area (Å²) in [5.74, 6) is 2.22. The second-order valence-corrected chi connectivity index (χ2v) is 8.01. The Hall–Kier alpha value is -3.71. The Morgan fingerprint density at radius 2 is 1.56 bits per heavy atom. The fraction of sp³-hybridized carbons (Fsp3) is 0.231. The van der Waals surface area contributed by atoms with Gasteiger partial charge in [0.05, 0.1) is 50.8 Å². The van der Waals surface area contributed by atoms with Crippen molar-refractivity contribution in [3.63, 3.8) is 0 Å². The van der Waals surface area contributed by atoms with Gasteiger partial charge >= 0.3 is 0 Å². The van der Waals surface area contributed by atoms with Crippen LogP contribution in [0.25, 0.3) is 0 Å². The predicted molar refractivity (Wildman–Crippen MR) is 131 cm³/mol. The molecule has 0 spiro atoms. The maximum atomic E-state index is 13.6. The van der Waals surface area contributed by atoms with Crippen molar-refractivity contribution in [3.8, 4) is 23.0 Å². The van der Waals surface area contributed by atoms with Crippen LogP contribution in [0.1, 0.15) is 33.9 Å². The van der Waals surface area contributed by atoms with Crippen molar-refractivity contribution in [2.75, 3.05) is 28.4 Å². The van der Waals surface area contributed by atoms with E-state index in [9.17, 15) is 4.79 Å². The number of ether oxygens (including phenoxy) is 4. The van der Waals surface area contributed by atoms with Gasteiger partial charge in [0.15, 0.2) is 0 Å². The molecule has 0 N–H and O–H groups in total. The predicted octanol–water partition coefficient (Wildman–Crippen LogP) is 5.37. The van der Waals surface area contributed by atoms with E-state index < -0.39 is 6.04 Å². The van der Waals surface area contributed by atoms with Crippen molar-refractivity contribution >= 4 is 23.2 Å². The van der Waals surface area contributed by atoms with Crippen LogP contribution in [0.4, 0.5) is 0 Å². The molecule has 1 aliphatic heterocycles. The average Bonchev–Trinajstić information content (AvgIpc) is 3.33. The summed E-state index contributed by atoms with van der Waals surface area (Å²) in [4.78, 5) is 13.6. The summed E-state index contributed by atoms with van der Waals surface area (Å²) < 4.78 is 21.9. The van der Waals surface area contributed by atoms with Crippen molar-refractivity contribution < 1.29 is 23.7 Å². The van der Waals surface area contributed by atoms with Crippen LogP contribution in [0.2, 0.25) is 5.02 Å². The Balaban J connectivity index is 1.84. The van der Waals surface area contributed by atoms with Gasteiger partial charge in [-0.3, -0.25) is 4.79 Å². The van der Waals surface area contributed by atoms with E-state index in [2.05, 4.69) is 0 Å². The molecule has 4 rings (SSSR count). The van der Waals surface area contributed by atoms with Crippen LogP contribution in [0.3, 0.4) is 0 Å². The van der Waals surface area contributed by atoms with Crippen molar-refractivity contribution in [1.82, 2.24) is 5.01 Å². The fourth-order valence-electron chi connectivity index (χ4n) is 3.95. The summed E-state index contributed by atoms with van der Waals surface area (Å²) >= 11 is 6.36. The molecule has 1 aliphatic rings. The monoisotopic (exact) mass is 480 g/mol. The molecule has 1 unspecified atom stereocenters. The zero-order valence-electron chi connectivity index (χ0n) is 19.4. The minimum atomic E-state index is -0.444. The molecule has 0 fully saturated rings. The zero-order valence-corrected chi connectivity index (χ0v) is 20.1. The van der Waals surface area contributed by atoms with Gasteiger partial charge in [-0.05, 0) is 42.5 Å². The van der Waals surface area contributed by atoms with E-state index in [0.717, 1.165) is 11.1 Å². The number of methoxy groups -OCH3 is 4. The normalized spacial score (nSPS) is 15.0. The number of amides is 1. The highest BCUT2D eigenvalue weighted by atomic mass is 35.5. The summed E-state index contributed by atoms with van der Waals surface area (Å²) in [5, 5.41) is 6.56. The quantitative estimate of drug-likeness (QED) is 0.455. The van der Waals surface area contributed by atoms with Gasteiger partial charge in [-0.15, -0.1) is 0 Å². The molecule has 3 aromatic carbocycles. The first-order chi connectivity index (χ1) is 16.5. The maximum Gasteiger partial charge on any atom is 0.276 e. The van der Waals surface area contributed by atoms with Gasteiger partial charge in [0.1, 0.15) is 23.0 Å². The molecule has 1 atom stereocenters. The first kappa shape index (κ1) is 23.4. The van der Waals surface area contributed by atoms with E-state index in [1.807, 2.05) is 30.3 Å². The Morgan fingerprint density at radius 1 is 0.882 bits per heavy atom. The van der Waals surface area contributed by atoms with E-state index in [1.165, 1.54) is 5.01 Å². The van der Waals surface area contributed by atoms with Crippen LogP contribution in [0.15, 0.2) is 65.8 Å². The number of benzene rings is 3. The van der Waals surface area contributed by atoms with E-state index in [-0.39, 0.29) is 5.91 Å². The molecule has 8 heteroatoms. The van der Waals surface area contributed by atoms with Crippen LogP contribution >= 0.6 is 11.6 Å². The number of hydrogen-bond donors (Lipinski definition) is 0. The smallest absolute Gasteiger partial charge is 0.276 e. The molecule has 0 bridgehead atoms. The standard InChI is InChI=1S/C26H25ClN2O5/c1-31-17-9-10-25(34-4)21(14-17)24-15-23(16-11-18(32-2)13-19(12-16)33-3)28-29(24)26(30)20-7-5-6-8-22(20)27/h5-14,24H,15H2,1-4H3. The number of hydrazone groups is 1. The van der Waals surface area contributed by atoms with Crippen molar-refractivity contribution in [3.05, 3.63) is 82.4 Å². The summed E-state index contributed by atoms with van der Waals surface area (Å²) in [7, 11) is 6.37. The summed E-state index contributed by atoms with van der Waals surface area (Å²) in [6.07, 6.45) is 0.441. The third-order valence-electron chi connectivity index (χ3n) is 5.70. The molecular weight excluding hydrogens is 456 g/mol. The van der Waals surface area contributed by atoms with Crippen molar-refractivity contribution in [1.29, 1.82) is 0 Å². The van der Waals surface area contributed by atoms with E-state index in [4.69, 9.17) is 35.6 Å². The zero-order chi connectivity index (χ0) is 24.2. The highest BCUT2D eigenvalue weighted by Gasteiger charge is 2.36. The van der Waals surface area contributed by atoms with Gasteiger partial charge in [0.2, 0.25) is 0 Å². The van der Waals surface area contributed by atoms with E-state index in [0.29, 0.717) is 45.7 Å². The van der Waals surface area contributed by atoms with E-state index >= 15 is 0 Å². The SMILES string of the molecule is COc1cc(OC)cc(C2=NN(C(=O)c3ccccc3Cl)C(c3cc(OC)ccc3OC)C2)c1.